The van der Waals surface area contributed by atoms with Crippen LogP contribution in [-0.2, 0) is 6.42 Å². The number of nitrogens with zero attached hydrogens (tertiary/aromatic N) is 1. The van der Waals surface area contributed by atoms with Gasteiger partial charge in [-0.25, -0.2) is 9.78 Å². The van der Waals surface area contributed by atoms with Crippen molar-refractivity contribution in [1.82, 2.24) is 4.98 Å². The van der Waals surface area contributed by atoms with Crippen molar-refractivity contribution >= 4 is 17.6 Å². The summed E-state index contributed by atoms with van der Waals surface area (Å²) in [5.41, 5.74) is 1.93. The maximum atomic E-state index is 12.2. The lowest BCUT2D eigenvalue weighted by Gasteiger charge is -2.10. The van der Waals surface area contributed by atoms with E-state index in [9.17, 15) is 9.59 Å². The minimum atomic E-state index is -1.16. The number of aryl methyl sites for hydroxylation is 1. The molecule has 1 aromatic carbocycles. The highest BCUT2D eigenvalue weighted by Crippen LogP contribution is 2.18. The molecule has 0 aliphatic heterocycles. The number of benzene rings is 1. The number of hydrogen-bond donors (Lipinski definition) is 2. The number of carbonyl (C=O) groups is 2. The summed E-state index contributed by atoms with van der Waals surface area (Å²) < 4.78 is 0. The first-order valence-electron chi connectivity index (χ1n) is 6.70. The van der Waals surface area contributed by atoms with Gasteiger partial charge in [0, 0.05) is 17.4 Å². The number of carboxylic acid groups (broad SMARTS) is 1. The standard InChI is InChI=1S/C16H16N2O3/c1-2-5-11-6-3-4-7-13(11)18-15(19)12-8-9-17-14(10-12)16(20)21/h3-4,6-10H,2,5H2,1H3,(H,18,19)(H,20,21). The molecule has 0 radical (unpaired) electrons. The van der Waals surface area contributed by atoms with E-state index >= 15 is 0 Å². The third-order valence-electron chi connectivity index (χ3n) is 3.03. The Labute approximate surface area is 122 Å². The Morgan fingerprint density at radius 1 is 1.24 bits per heavy atom. The smallest absolute Gasteiger partial charge is 0.354 e. The molecule has 21 heavy (non-hydrogen) atoms. The molecule has 0 aliphatic carbocycles. The van der Waals surface area contributed by atoms with Crippen molar-refractivity contribution in [2.24, 2.45) is 0 Å². The fourth-order valence-electron chi connectivity index (χ4n) is 2.01. The van der Waals surface area contributed by atoms with Crippen LogP contribution in [0.4, 0.5) is 5.69 Å². The van der Waals surface area contributed by atoms with Gasteiger partial charge in [-0.1, -0.05) is 31.5 Å². The topological polar surface area (TPSA) is 79.3 Å². The first-order chi connectivity index (χ1) is 10.1. The van der Waals surface area contributed by atoms with Crippen molar-refractivity contribution in [1.29, 1.82) is 0 Å². The van der Waals surface area contributed by atoms with Gasteiger partial charge in [0.15, 0.2) is 0 Å². The molecule has 2 aromatic rings. The molecule has 0 bridgehead atoms. The zero-order valence-corrected chi connectivity index (χ0v) is 11.7. The average Bonchev–Trinajstić information content (AvgIpc) is 2.49. The Balaban J connectivity index is 2.22. The third kappa shape index (κ3) is 3.66. The van der Waals surface area contributed by atoms with Gasteiger partial charge >= 0.3 is 5.97 Å². The van der Waals surface area contributed by atoms with Gasteiger partial charge in [0.25, 0.3) is 5.91 Å². The van der Waals surface area contributed by atoms with Crippen LogP contribution in [0.25, 0.3) is 0 Å². The van der Waals surface area contributed by atoms with Gasteiger partial charge in [0.1, 0.15) is 5.69 Å². The van der Waals surface area contributed by atoms with E-state index in [-0.39, 0.29) is 17.2 Å². The molecular formula is C16H16N2O3. The summed E-state index contributed by atoms with van der Waals surface area (Å²) in [6.45, 7) is 2.07. The van der Waals surface area contributed by atoms with Crippen LogP contribution in [0.1, 0.15) is 39.8 Å². The predicted molar refractivity (Wildman–Crippen MR) is 79.6 cm³/mol. The van der Waals surface area contributed by atoms with Crippen LogP contribution >= 0.6 is 0 Å². The minimum Gasteiger partial charge on any atom is -0.477 e. The fraction of sp³-hybridized carbons (Fsp3) is 0.188. The summed E-state index contributed by atoms with van der Waals surface area (Å²) in [5.74, 6) is -1.50. The second-order valence-electron chi connectivity index (χ2n) is 4.60. The summed E-state index contributed by atoms with van der Waals surface area (Å²) in [4.78, 5) is 26.8. The molecule has 5 nitrogen and oxygen atoms in total. The molecule has 1 amide bonds. The molecule has 0 atom stereocenters. The highest BCUT2D eigenvalue weighted by Gasteiger charge is 2.12. The predicted octanol–water partition coefficient (Wildman–Crippen LogP) is 2.98. The highest BCUT2D eigenvalue weighted by molar-refractivity contribution is 6.05. The van der Waals surface area contributed by atoms with Crippen LogP contribution in [0.5, 0.6) is 0 Å². The van der Waals surface area contributed by atoms with E-state index in [0.29, 0.717) is 0 Å². The van der Waals surface area contributed by atoms with Crippen molar-refractivity contribution < 1.29 is 14.7 Å². The van der Waals surface area contributed by atoms with Crippen LogP contribution < -0.4 is 5.32 Å². The fourth-order valence-corrected chi connectivity index (χ4v) is 2.01. The van der Waals surface area contributed by atoms with Gasteiger partial charge in [-0.2, -0.15) is 0 Å². The van der Waals surface area contributed by atoms with Crippen LogP contribution in [0.3, 0.4) is 0 Å². The molecule has 5 heteroatoms. The number of rotatable bonds is 5. The van der Waals surface area contributed by atoms with Gasteiger partial charge in [0.2, 0.25) is 0 Å². The van der Waals surface area contributed by atoms with Gasteiger partial charge in [-0.15, -0.1) is 0 Å². The van der Waals surface area contributed by atoms with Crippen LogP contribution in [0.15, 0.2) is 42.6 Å². The molecule has 0 unspecified atom stereocenters. The molecule has 1 heterocycles. The quantitative estimate of drug-likeness (QED) is 0.884. The normalized spacial score (nSPS) is 10.1. The Kier molecular flexibility index (Phi) is 4.66. The number of carbonyl (C=O) groups excluding carboxylic acids is 1. The number of anilines is 1. The minimum absolute atomic E-state index is 0.149. The number of para-hydroxylation sites is 1. The zero-order valence-electron chi connectivity index (χ0n) is 11.7. The van der Waals surface area contributed by atoms with E-state index in [0.717, 1.165) is 24.1 Å². The van der Waals surface area contributed by atoms with Crippen molar-refractivity contribution in [2.75, 3.05) is 5.32 Å². The Morgan fingerprint density at radius 3 is 2.71 bits per heavy atom. The molecule has 0 aliphatic rings. The maximum Gasteiger partial charge on any atom is 0.354 e. The van der Waals surface area contributed by atoms with E-state index < -0.39 is 5.97 Å². The number of aromatic carboxylic acids is 1. The number of carboxylic acids is 1. The molecule has 0 fully saturated rings. The largest absolute Gasteiger partial charge is 0.477 e. The Bertz CT molecular complexity index is 668. The van der Waals surface area contributed by atoms with Gasteiger partial charge in [-0.3, -0.25) is 4.79 Å². The molecular weight excluding hydrogens is 268 g/mol. The summed E-state index contributed by atoms with van der Waals surface area (Å²) in [6.07, 6.45) is 3.16. The molecule has 1 aromatic heterocycles. The summed E-state index contributed by atoms with van der Waals surface area (Å²) in [6, 6.07) is 10.3. The zero-order chi connectivity index (χ0) is 15.2. The first kappa shape index (κ1) is 14.7. The van der Waals surface area contributed by atoms with Gasteiger partial charge in [-0.05, 0) is 30.2 Å². The average molecular weight is 284 g/mol. The van der Waals surface area contributed by atoms with Crippen molar-refractivity contribution in [3.63, 3.8) is 0 Å². The summed E-state index contributed by atoms with van der Waals surface area (Å²) in [5, 5.41) is 11.7. The van der Waals surface area contributed by atoms with E-state index in [2.05, 4.69) is 17.2 Å². The second kappa shape index (κ2) is 6.65. The highest BCUT2D eigenvalue weighted by atomic mass is 16.4. The molecule has 0 saturated heterocycles. The Morgan fingerprint density at radius 2 is 2.00 bits per heavy atom. The summed E-state index contributed by atoms with van der Waals surface area (Å²) >= 11 is 0. The SMILES string of the molecule is CCCc1ccccc1NC(=O)c1ccnc(C(=O)O)c1. The molecule has 2 N–H and O–H groups in total. The lowest BCUT2D eigenvalue weighted by molar-refractivity contribution is 0.0690. The van der Waals surface area contributed by atoms with Crippen LogP contribution in [0, 0.1) is 0 Å². The lowest BCUT2D eigenvalue weighted by atomic mass is 10.1. The molecule has 0 spiro atoms. The van der Waals surface area contributed by atoms with Crippen molar-refractivity contribution in [3.05, 3.63) is 59.4 Å². The van der Waals surface area contributed by atoms with E-state index in [1.54, 1.807) is 0 Å². The summed E-state index contributed by atoms with van der Waals surface area (Å²) in [7, 11) is 0. The lowest BCUT2D eigenvalue weighted by Crippen LogP contribution is -2.14. The third-order valence-corrected chi connectivity index (χ3v) is 3.03. The number of hydrogen-bond acceptors (Lipinski definition) is 3. The van der Waals surface area contributed by atoms with Crippen LogP contribution in [-0.4, -0.2) is 22.0 Å². The Hall–Kier alpha value is -2.69. The van der Waals surface area contributed by atoms with Crippen molar-refractivity contribution in [2.45, 2.75) is 19.8 Å². The number of pyridine rings is 1. The molecule has 2 rings (SSSR count). The van der Waals surface area contributed by atoms with Gasteiger partial charge in [0.05, 0.1) is 0 Å². The monoisotopic (exact) mass is 284 g/mol. The number of aromatic nitrogens is 1. The van der Waals surface area contributed by atoms with E-state index in [1.165, 1.54) is 18.3 Å². The second-order valence-corrected chi connectivity index (χ2v) is 4.60. The molecule has 0 saturated carbocycles. The molecule has 108 valence electrons. The van der Waals surface area contributed by atoms with E-state index in [1.807, 2.05) is 24.3 Å². The van der Waals surface area contributed by atoms with Gasteiger partial charge < -0.3 is 10.4 Å². The first-order valence-corrected chi connectivity index (χ1v) is 6.70. The number of amides is 1. The maximum absolute atomic E-state index is 12.2. The van der Waals surface area contributed by atoms with Crippen LogP contribution in [0.2, 0.25) is 0 Å². The van der Waals surface area contributed by atoms with E-state index in [4.69, 9.17) is 5.11 Å². The van der Waals surface area contributed by atoms with Crippen molar-refractivity contribution in [3.8, 4) is 0 Å². The number of nitrogens with one attached hydrogen (secondary N) is 1.